The van der Waals surface area contributed by atoms with Gasteiger partial charge >= 0.3 is 0 Å². The van der Waals surface area contributed by atoms with Gasteiger partial charge in [0.1, 0.15) is 6.04 Å². The monoisotopic (exact) mass is 544 g/mol. The third kappa shape index (κ3) is 7.65. The Morgan fingerprint density at radius 1 is 0.846 bits per heavy atom. The third-order valence-corrected chi connectivity index (χ3v) is 9.48. The molecule has 2 aliphatic heterocycles. The van der Waals surface area contributed by atoms with E-state index in [1.165, 1.54) is 25.7 Å². The maximum absolute atomic E-state index is 13.9. The molecule has 0 aromatic heterocycles. The van der Waals surface area contributed by atoms with Gasteiger partial charge in [0.25, 0.3) is 0 Å². The summed E-state index contributed by atoms with van der Waals surface area (Å²) < 4.78 is 0. The number of amides is 3. The number of likely N-dealkylation sites (N-methyl/N-ethyl adjacent to an activating group) is 1. The predicted octanol–water partition coefficient (Wildman–Crippen LogP) is 5.00. The van der Waals surface area contributed by atoms with Gasteiger partial charge in [0.05, 0.1) is 12.1 Å². The highest BCUT2D eigenvalue weighted by Crippen LogP contribution is 2.36. The molecule has 0 radical (unpaired) electrons. The SMILES string of the molecule is C/C(=C\[C@H](C(C)C)N(C)C(=O)C(NC(=O)C1CCCCN1C(C)C)C(C)C)C(=O)N1CCCC2CCCCC21. The first-order valence-electron chi connectivity index (χ1n) is 15.8. The van der Waals surface area contributed by atoms with Crippen molar-refractivity contribution in [2.45, 2.75) is 136 Å². The fourth-order valence-electron chi connectivity index (χ4n) is 7.17. The molecule has 1 N–H and O–H groups in total. The van der Waals surface area contributed by atoms with Crippen molar-refractivity contribution in [1.82, 2.24) is 20.0 Å². The maximum Gasteiger partial charge on any atom is 0.249 e. The number of piperidine rings is 2. The van der Waals surface area contributed by atoms with Gasteiger partial charge in [0, 0.05) is 31.2 Å². The normalized spacial score (nSPS) is 26.4. The molecule has 0 aromatic carbocycles. The van der Waals surface area contributed by atoms with Crippen molar-refractivity contribution in [3.63, 3.8) is 0 Å². The van der Waals surface area contributed by atoms with Crippen LogP contribution in [0, 0.1) is 17.8 Å². The third-order valence-electron chi connectivity index (χ3n) is 9.48. The van der Waals surface area contributed by atoms with E-state index in [9.17, 15) is 14.4 Å². The van der Waals surface area contributed by atoms with Gasteiger partial charge in [-0.1, -0.05) is 53.0 Å². The van der Waals surface area contributed by atoms with Crippen LogP contribution in [0.25, 0.3) is 0 Å². The van der Waals surface area contributed by atoms with Gasteiger partial charge in [-0.05, 0) is 83.6 Å². The molecule has 3 rings (SSSR count). The number of carbonyl (C=O) groups is 3. The van der Waals surface area contributed by atoms with E-state index < -0.39 is 6.04 Å². The summed E-state index contributed by atoms with van der Waals surface area (Å²) in [7, 11) is 1.82. The lowest BCUT2D eigenvalue weighted by Gasteiger charge is -2.44. The summed E-state index contributed by atoms with van der Waals surface area (Å²) in [5.74, 6) is 0.711. The number of carbonyl (C=O) groups excluding carboxylic acids is 3. The van der Waals surface area contributed by atoms with Crippen molar-refractivity contribution in [2.24, 2.45) is 17.8 Å². The minimum Gasteiger partial charge on any atom is -0.343 e. The Bertz CT molecular complexity index is 881. The van der Waals surface area contributed by atoms with Crippen LogP contribution in [-0.2, 0) is 14.4 Å². The van der Waals surface area contributed by atoms with Crippen LogP contribution < -0.4 is 5.32 Å². The first-order chi connectivity index (χ1) is 18.4. The molecule has 3 aliphatic rings. The highest BCUT2D eigenvalue weighted by atomic mass is 16.2. The second-order valence-corrected chi connectivity index (χ2v) is 13.4. The predicted molar refractivity (Wildman–Crippen MR) is 158 cm³/mol. The molecule has 7 heteroatoms. The van der Waals surface area contributed by atoms with Gasteiger partial charge in [-0.15, -0.1) is 0 Å². The van der Waals surface area contributed by atoms with Crippen LogP contribution >= 0.6 is 0 Å². The van der Waals surface area contributed by atoms with E-state index >= 15 is 0 Å². The smallest absolute Gasteiger partial charge is 0.249 e. The zero-order chi connectivity index (χ0) is 28.9. The molecule has 1 saturated carbocycles. The van der Waals surface area contributed by atoms with E-state index in [1.54, 1.807) is 4.90 Å². The summed E-state index contributed by atoms with van der Waals surface area (Å²) in [6.07, 6.45) is 12.1. The summed E-state index contributed by atoms with van der Waals surface area (Å²) in [4.78, 5) is 47.1. The first kappa shape index (κ1) is 31.6. The molecular weight excluding hydrogens is 488 g/mol. The van der Waals surface area contributed by atoms with Gasteiger partial charge in [-0.25, -0.2) is 0 Å². The molecule has 4 unspecified atom stereocenters. The Balaban J connectivity index is 1.74. The molecule has 0 spiro atoms. The first-order valence-corrected chi connectivity index (χ1v) is 15.8. The van der Waals surface area contributed by atoms with Crippen molar-refractivity contribution >= 4 is 17.7 Å². The second-order valence-electron chi connectivity index (χ2n) is 13.4. The number of hydrogen-bond donors (Lipinski definition) is 1. The zero-order valence-electron chi connectivity index (χ0n) is 26.0. The number of hydrogen-bond acceptors (Lipinski definition) is 4. The van der Waals surface area contributed by atoms with Gasteiger partial charge in [0.15, 0.2) is 0 Å². The van der Waals surface area contributed by atoms with Crippen LogP contribution in [0.1, 0.15) is 106 Å². The number of fused-ring (bicyclic) bond motifs is 1. The Hall–Kier alpha value is -1.89. The molecule has 2 saturated heterocycles. The molecule has 5 atom stereocenters. The maximum atomic E-state index is 13.9. The average molecular weight is 545 g/mol. The second kappa shape index (κ2) is 14.1. The van der Waals surface area contributed by atoms with E-state index in [2.05, 4.69) is 42.8 Å². The fraction of sp³-hybridized carbons (Fsp3) is 0.844. The number of likely N-dealkylation sites (tertiary alicyclic amines) is 2. The van der Waals surface area contributed by atoms with Crippen LogP contribution in [0.3, 0.4) is 0 Å². The summed E-state index contributed by atoms with van der Waals surface area (Å²) >= 11 is 0. The molecule has 7 nitrogen and oxygen atoms in total. The molecule has 39 heavy (non-hydrogen) atoms. The minimum absolute atomic E-state index is 0.0426. The van der Waals surface area contributed by atoms with Crippen molar-refractivity contribution < 1.29 is 14.4 Å². The average Bonchev–Trinajstić information content (AvgIpc) is 2.92. The molecule has 1 aliphatic carbocycles. The molecule has 2 heterocycles. The van der Waals surface area contributed by atoms with Crippen LogP contribution in [0.2, 0.25) is 0 Å². The number of rotatable bonds is 9. The highest BCUT2D eigenvalue weighted by Gasteiger charge is 2.38. The van der Waals surface area contributed by atoms with E-state index in [0.717, 1.165) is 50.8 Å². The fourth-order valence-corrected chi connectivity index (χ4v) is 7.17. The van der Waals surface area contributed by atoms with Crippen molar-refractivity contribution in [3.05, 3.63) is 11.6 Å². The minimum atomic E-state index is -0.603. The Morgan fingerprint density at radius 3 is 2.13 bits per heavy atom. The largest absolute Gasteiger partial charge is 0.343 e. The van der Waals surface area contributed by atoms with Crippen molar-refractivity contribution in [3.8, 4) is 0 Å². The molecule has 222 valence electrons. The lowest BCUT2D eigenvalue weighted by Crippen LogP contribution is -2.58. The molecular formula is C32H56N4O3. The summed E-state index contributed by atoms with van der Waals surface area (Å²) in [6, 6.07) is -0.364. The van der Waals surface area contributed by atoms with Gasteiger partial charge < -0.3 is 15.1 Å². The Labute approximate surface area is 238 Å². The van der Waals surface area contributed by atoms with Crippen molar-refractivity contribution in [1.29, 1.82) is 0 Å². The zero-order valence-corrected chi connectivity index (χ0v) is 26.0. The van der Waals surface area contributed by atoms with Crippen molar-refractivity contribution in [2.75, 3.05) is 20.1 Å². The molecule has 0 bridgehead atoms. The standard InChI is InChI=1S/C32H56N4O3/c1-21(2)28(20-24(7)31(38)36-19-13-15-25-14-9-10-16-26(25)36)34(8)32(39)29(22(3)4)33-30(37)27-17-11-12-18-35(27)23(5)6/h20-23,25-29H,9-19H2,1-8H3,(H,33,37)/b24-20+/t25?,26?,27?,28-,29?/m1/s1. The summed E-state index contributed by atoms with van der Waals surface area (Å²) in [5.41, 5.74) is 0.722. The molecule has 3 fully saturated rings. The highest BCUT2D eigenvalue weighted by molar-refractivity contribution is 5.94. The van der Waals surface area contributed by atoms with Crippen LogP contribution in [0.4, 0.5) is 0 Å². The number of nitrogens with one attached hydrogen (secondary N) is 1. The van der Waals surface area contributed by atoms with Crippen LogP contribution in [-0.4, -0.2) is 82.8 Å². The van der Waals surface area contributed by atoms with Gasteiger partial charge in [-0.3, -0.25) is 19.3 Å². The van der Waals surface area contributed by atoms with Gasteiger partial charge in [0.2, 0.25) is 17.7 Å². The van der Waals surface area contributed by atoms with Crippen LogP contribution in [0.15, 0.2) is 11.6 Å². The molecule has 0 aromatic rings. The van der Waals surface area contributed by atoms with E-state index in [4.69, 9.17) is 0 Å². The quantitative estimate of drug-likeness (QED) is 0.415. The van der Waals surface area contributed by atoms with E-state index in [1.807, 2.05) is 33.9 Å². The lowest BCUT2D eigenvalue weighted by molar-refractivity contribution is -0.140. The van der Waals surface area contributed by atoms with Crippen LogP contribution in [0.5, 0.6) is 0 Å². The van der Waals surface area contributed by atoms with E-state index in [-0.39, 0.29) is 47.7 Å². The lowest BCUT2D eigenvalue weighted by atomic mass is 9.78. The Morgan fingerprint density at radius 2 is 1.49 bits per heavy atom. The van der Waals surface area contributed by atoms with E-state index in [0.29, 0.717) is 12.0 Å². The Kier molecular flexibility index (Phi) is 11.5. The van der Waals surface area contributed by atoms with Gasteiger partial charge in [-0.2, -0.15) is 0 Å². The topological polar surface area (TPSA) is 73.0 Å². The molecule has 3 amide bonds. The number of nitrogens with zero attached hydrogens (tertiary/aromatic N) is 3. The summed E-state index contributed by atoms with van der Waals surface area (Å²) in [6.45, 7) is 16.1. The summed E-state index contributed by atoms with van der Waals surface area (Å²) in [5, 5.41) is 3.14.